The maximum atomic E-state index is 4.41. The number of nitrogens with zero attached hydrogens (tertiary/aromatic N) is 1. The number of allylic oxidation sites excluding steroid dienone is 4. The quantitative estimate of drug-likeness (QED) is 0.232. The van der Waals surface area contributed by atoms with Gasteiger partial charge in [0.05, 0.1) is 5.69 Å². The molecule has 1 aliphatic rings. The lowest BCUT2D eigenvalue weighted by atomic mass is 9.95. The van der Waals surface area contributed by atoms with Gasteiger partial charge < -0.3 is 4.90 Å². The highest BCUT2D eigenvalue weighted by Crippen LogP contribution is 2.40. The van der Waals surface area contributed by atoms with E-state index in [1.165, 1.54) is 42.4 Å². The van der Waals surface area contributed by atoms with Gasteiger partial charge in [-0.1, -0.05) is 91.5 Å². The molecule has 0 amide bonds. The average molecular weight is 504 g/mol. The Morgan fingerprint density at radius 2 is 1.24 bits per heavy atom. The fourth-order valence-electron chi connectivity index (χ4n) is 5.24. The van der Waals surface area contributed by atoms with Gasteiger partial charge in [0, 0.05) is 37.6 Å². The van der Waals surface area contributed by atoms with E-state index in [0.717, 1.165) is 22.5 Å². The van der Waals surface area contributed by atoms with Crippen molar-refractivity contribution >= 4 is 48.5 Å². The second-order valence-corrected chi connectivity index (χ2v) is 10.6. The predicted molar refractivity (Wildman–Crippen MR) is 166 cm³/mol. The first-order chi connectivity index (χ1) is 18.7. The normalized spacial score (nSPS) is 14.7. The zero-order valence-corrected chi connectivity index (χ0v) is 21.7. The summed E-state index contributed by atoms with van der Waals surface area (Å²) in [6, 6.07) is 41.5. The van der Waals surface area contributed by atoms with E-state index in [4.69, 9.17) is 0 Å². The highest BCUT2D eigenvalue weighted by atomic mass is 32.1. The highest BCUT2D eigenvalue weighted by Gasteiger charge is 2.16. The molecule has 38 heavy (non-hydrogen) atoms. The molecule has 180 valence electrons. The zero-order valence-electron chi connectivity index (χ0n) is 20.8. The van der Waals surface area contributed by atoms with Gasteiger partial charge in [-0.2, -0.15) is 0 Å². The molecule has 0 radical (unpaired) electrons. The third-order valence-electron chi connectivity index (χ3n) is 7.21. The topological polar surface area (TPSA) is 3.24 Å². The Kier molecular flexibility index (Phi) is 5.53. The number of thiophene rings is 1. The Bertz CT molecular complexity index is 1870. The number of benzene rings is 5. The molecule has 0 unspecified atom stereocenters. The van der Waals surface area contributed by atoms with Crippen LogP contribution >= 0.6 is 11.3 Å². The maximum absolute atomic E-state index is 4.41. The van der Waals surface area contributed by atoms with Crippen LogP contribution in [-0.2, 0) is 0 Å². The van der Waals surface area contributed by atoms with Crippen molar-refractivity contribution in [3.05, 3.63) is 152 Å². The molecule has 0 spiro atoms. The summed E-state index contributed by atoms with van der Waals surface area (Å²) in [7, 11) is 0. The van der Waals surface area contributed by atoms with E-state index in [0.29, 0.717) is 0 Å². The molecule has 0 bridgehead atoms. The van der Waals surface area contributed by atoms with Gasteiger partial charge in [-0.25, -0.2) is 0 Å². The molecule has 0 saturated carbocycles. The molecular weight excluding hydrogens is 478 g/mol. The van der Waals surface area contributed by atoms with E-state index < -0.39 is 0 Å². The van der Waals surface area contributed by atoms with Gasteiger partial charge >= 0.3 is 0 Å². The van der Waals surface area contributed by atoms with Crippen molar-refractivity contribution in [3.8, 4) is 22.3 Å². The van der Waals surface area contributed by atoms with E-state index in [2.05, 4.69) is 151 Å². The number of hydrogen-bond acceptors (Lipinski definition) is 2. The Morgan fingerprint density at radius 1 is 0.553 bits per heavy atom. The van der Waals surface area contributed by atoms with E-state index in [-0.39, 0.29) is 0 Å². The van der Waals surface area contributed by atoms with Gasteiger partial charge in [0.2, 0.25) is 0 Å². The predicted octanol–water partition coefficient (Wildman–Crippen LogP) is 10.6. The number of hydrogen-bond donors (Lipinski definition) is 0. The average Bonchev–Trinajstić information content (AvgIpc) is 3.35. The molecule has 2 heterocycles. The number of rotatable bonds is 3. The summed E-state index contributed by atoms with van der Waals surface area (Å²) in [6.45, 7) is 4.41. The SMILES string of the molecule is C=C1/C=C\C=C/N(c2ccc(-c3ccccc3)cc2)c2ccc(-c3ccc4sc5ccccc5c4c3)cc21. The molecule has 0 N–H and O–H groups in total. The second-order valence-electron chi connectivity index (χ2n) is 9.55. The van der Waals surface area contributed by atoms with Gasteiger partial charge in [0.25, 0.3) is 0 Å². The second kappa shape index (κ2) is 9.33. The zero-order chi connectivity index (χ0) is 25.5. The third kappa shape index (κ3) is 3.96. The number of fused-ring (bicyclic) bond motifs is 4. The standard InChI is InChI=1S/C36H25NS/c1-25-9-7-8-22-37(30-18-14-27(15-19-30)26-10-3-2-4-11-26)34-20-16-28(23-32(25)34)29-17-21-36-33(24-29)31-12-5-6-13-35(31)38-36/h2-24H,1H2/b9-7-,22-8-. The molecule has 1 nitrogen and oxygen atoms in total. The van der Waals surface area contributed by atoms with Crippen molar-refractivity contribution in [2.24, 2.45) is 0 Å². The lowest BCUT2D eigenvalue weighted by Crippen LogP contribution is -2.11. The summed E-state index contributed by atoms with van der Waals surface area (Å²) in [4.78, 5) is 2.25. The highest BCUT2D eigenvalue weighted by molar-refractivity contribution is 7.25. The molecule has 5 aromatic carbocycles. The summed E-state index contributed by atoms with van der Waals surface area (Å²) in [5.74, 6) is 0. The smallest absolute Gasteiger partial charge is 0.0534 e. The van der Waals surface area contributed by atoms with Crippen LogP contribution < -0.4 is 4.90 Å². The summed E-state index contributed by atoms with van der Waals surface area (Å²) in [5, 5.41) is 2.64. The van der Waals surface area contributed by atoms with Crippen LogP contribution in [0.4, 0.5) is 11.4 Å². The Morgan fingerprint density at radius 3 is 2.11 bits per heavy atom. The minimum absolute atomic E-state index is 0.999. The van der Waals surface area contributed by atoms with Gasteiger partial charge in [0.15, 0.2) is 0 Å². The maximum Gasteiger partial charge on any atom is 0.0534 e. The molecular formula is C36H25NS. The van der Waals surface area contributed by atoms with Crippen molar-refractivity contribution in [2.75, 3.05) is 4.90 Å². The van der Waals surface area contributed by atoms with Crippen LogP contribution in [-0.4, -0.2) is 0 Å². The van der Waals surface area contributed by atoms with Gasteiger partial charge in [-0.05, 0) is 76.4 Å². The van der Waals surface area contributed by atoms with Crippen molar-refractivity contribution in [1.29, 1.82) is 0 Å². The molecule has 7 rings (SSSR count). The lowest BCUT2D eigenvalue weighted by Gasteiger charge is -2.26. The summed E-state index contributed by atoms with van der Waals surface area (Å²) in [6.07, 6.45) is 8.35. The van der Waals surface area contributed by atoms with E-state index in [1.807, 2.05) is 11.3 Å². The summed E-state index contributed by atoms with van der Waals surface area (Å²) in [5.41, 5.74) is 9.21. The molecule has 1 aromatic heterocycles. The van der Waals surface area contributed by atoms with Crippen LogP contribution in [0.1, 0.15) is 5.56 Å². The van der Waals surface area contributed by atoms with Gasteiger partial charge in [-0.3, -0.25) is 0 Å². The van der Waals surface area contributed by atoms with Crippen LogP contribution in [0.25, 0.3) is 48.0 Å². The molecule has 0 aliphatic carbocycles. The van der Waals surface area contributed by atoms with Crippen LogP contribution in [0.3, 0.4) is 0 Å². The molecule has 0 atom stereocenters. The van der Waals surface area contributed by atoms with Gasteiger partial charge in [0.1, 0.15) is 0 Å². The largest absolute Gasteiger partial charge is 0.317 e. The monoisotopic (exact) mass is 503 g/mol. The van der Waals surface area contributed by atoms with Crippen LogP contribution in [0, 0.1) is 0 Å². The first-order valence-electron chi connectivity index (χ1n) is 12.8. The number of anilines is 2. The lowest BCUT2D eigenvalue weighted by molar-refractivity contribution is 1.27. The van der Waals surface area contributed by atoms with Crippen molar-refractivity contribution in [3.63, 3.8) is 0 Å². The third-order valence-corrected chi connectivity index (χ3v) is 8.36. The fraction of sp³-hybridized carbons (Fsp3) is 0. The minimum atomic E-state index is 0.999. The Hall–Kier alpha value is -4.66. The minimum Gasteiger partial charge on any atom is -0.317 e. The van der Waals surface area contributed by atoms with Crippen molar-refractivity contribution in [1.82, 2.24) is 0 Å². The Labute approximate surface area is 226 Å². The summed E-state index contributed by atoms with van der Waals surface area (Å²) < 4.78 is 2.65. The van der Waals surface area contributed by atoms with Gasteiger partial charge in [-0.15, -0.1) is 11.3 Å². The molecule has 1 aliphatic heterocycles. The fourth-order valence-corrected chi connectivity index (χ4v) is 6.32. The van der Waals surface area contributed by atoms with E-state index in [1.54, 1.807) is 0 Å². The Balaban J connectivity index is 1.31. The first kappa shape index (κ1) is 22.5. The molecule has 0 fully saturated rings. The van der Waals surface area contributed by atoms with Crippen molar-refractivity contribution < 1.29 is 0 Å². The molecule has 2 heteroatoms. The van der Waals surface area contributed by atoms with Crippen LogP contribution in [0.2, 0.25) is 0 Å². The van der Waals surface area contributed by atoms with E-state index in [9.17, 15) is 0 Å². The van der Waals surface area contributed by atoms with E-state index >= 15 is 0 Å². The van der Waals surface area contributed by atoms with Crippen LogP contribution in [0.5, 0.6) is 0 Å². The van der Waals surface area contributed by atoms with Crippen LogP contribution in [0.15, 0.2) is 146 Å². The molecule has 0 saturated heterocycles. The molecule has 6 aromatic rings. The first-order valence-corrected chi connectivity index (χ1v) is 13.6. The van der Waals surface area contributed by atoms with Crippen molar-refractivity contribution in [2.45, 2.75) is 0 Å². The summed E-state index contributed by atoms with van der Waals surface area (Å²) >= 11 is 1.85.